The summed E-state index contributed by atoms with van der Waals surface area (Å²) < 4.78 is 74.3. The van der Waals surface area contributed by atoms with Crippen LogP contribution in [0.3, 0.4) is 0 Å². The van der Waals surface area contributed by atoms with Gasteiger partial charge in [0.25, 0.3) is 0 Å². The summed E-state index contributed by atoms with van der Waals surface area (Å²) in [5, 5.41) is 1.54. The highest BCUT2D eigenvalue weighted by atomic mass is 32.2. The number of rotatable bonds is 5. The zero-order valence-corrected chi connectivity index (χ0v) is 10.8. The SMILES string of the molecule is CNS(=O)(=O)c1cccc(NC(=O)C(F)(F)C(F)F)c1. The minimum Gasteiger partial charge on any atom is -0.321 e. The summed E-state index contributed by atoms with van der Waals surface area (Å²) >= 11 is 0. The summed E-state index contributed by atoms with van der Waals surface area (Å²) in [5.74, 6) is -7.08. The number of halogens is 4. The van der Waals surface area contributed by atoms with E-state index in [2.05, 4.69) is 0 Å². The van der Waals surface area contributed by atoms with Crippen LogP contribution in [0, 0.1) is 0 Å². The molecule has 0 aliphatic rings. The average Bonchev–Trinajstić information content (AvgIpc) is 2.38. The second kappa shape index (κ2) is 5.75. The van der Waals surface area contributed by atoms with Crippen LogP contribution in [0.2, 0.25) is 0 Å². The van der Waals surface area contributed by atoms with Gasteiger partial charge in [-0.25, -0.2) is 21.9 Å². The lowest BCUT2D eigenvalue weighted by molar-refractivity contribution is -0.163. The van der Waals surface area contributed by atoms with Gasteiger partial charge in [-0.1, -0.05) is 6.07 Å². The molecule has 0 atom stereocenters. The standard InChI is InChI=1S/C10H10F4N2O3S/c1-15-20(18,19)7-4-2-3-6(5-7)16-9(17)10(13,14)8(11)12/h2-5,8,15H,1H3,(H,16,17). The molecule has 10 heteroatoms. The number of anilines is 1. The van der Waals surface area contributed by atoms with Crippen molar-refractivity contribution in [3.05, 3.63) is 24.3 Å². The lowest BCUT2D eigenvalue weighted by Crippen LogP contribution is -2.41. The normalized spacial score (nSPS) is 12.5. The molecule has 1 rings (SSSR count). The Labute approximate surface area is 112 Å². The Hall–Kier alpha value is -1.68. The van der Waals surface area contributed by atoms with Gasteiger partial charge in [0.2, 0.25) is 10.0 Å². The largest absolute Gasteiger partial charge is 0.383 e. The lowest BCUT2D eigenvalue weighted by atomic mass is 10.3. The first-order chi connectivity index (χ1) is 9.11. The highest BCUT2D eigenvalue weighted by molar-refractivity contribution is 7.89. The third-order valence-electron chi connectivity index (χ3n) is 2.25. The summed E-state index contributed by atoms with van der Waals surface area (Å²) in [6, 6.07) is 4.27. The van der Waals surface area contributed by atoms with Crippen LogP contribution in [0.15, 0.2) is 29.2 Å². The minimum atomic E-state index is -4.86. The van der Waals surface area contributed by atoms with Crippen molar-refractivity contribution in [1.82, 2.24) is 4.72 Å². The van der Waals surface area contributed by atoms with E-state index in [9.17, 15) is 30.8 Å². The van der Waals surface area contributed by atoms with E-state index in [0.29, 0.717) is 0 Å². The van der Waals surface area contributed by atoms with Crippen LogP contribution in [0.25, 0.3) is 0 Å². The van der Waals surface area contributed by atoms with Gasteiger partial charge in [-0.2, -0.15) is 8.78 Å². The van der Waals surface area contributed by atoms with Crippen molar-refractivity contribution in [3.8, 4) is 0 Å². The van der Waals surface area contributed by atoms with E-state index < -0.39 is 28.3 Å². The molecule has 1 amide bonds. The van der Waals surface area contributed by atoms with E-state index in [1.54, 1.807) is 0 Å². The Kier molecular flexibility index (Phi) is 4.71. The fraction of sp³-hybridized carbons (Fsp3) is 0.300. The number of alkyl halides is 4. The van der Waals surface area contributed by atoms with Crippen LogP contribution in [0.5, 0.6) is 0 Å². The summed E-state index contributed by atoms with van der Waals surface area (Å²) in [6.07, 6.45) is -4.16. The molecule has 0 aromatic heterocycles. The first-order valence-electron chi connectivity index (χ1n) is 5.12. The van der Waals surface area contributed by atoms with Crippen molar-refractivity contribution < 1.29 is 30.8 Å². The third kappa shape index (κ3) is 3.45. The third-order valence-corrected chi connectivity index (χ3v) is 3.66. The van der Waals surface area contributed by atoms with Crippen molar-refractivity contribution in [2.45, 2.75) is 17.2 Å². The van der Waals surface area contributed by atoms with Crippen molar-refractivity contribution in [2.24, 2.45) is 0 Å². The minimum absolute atomic E-state index is 0.307. The highest BCUT2D eigenvalue weighted by Gasteiger charge is 2.48. The maximum absolute atomic E-state index is 12.7. The number of amides is 1. The summed E-state index contributed by atoms with van der Waals surface area (Å²) in [7, 11) is -2.71. The Morgan fingerprint density at radius 1 is 1.30 bits per heavy atom. The van der Waals surface area contributed by atoms with Crippen LogP contribution in [-0.2, 0) is 14.8 Å². The van der Waals surface area contributed by atoms with E-state index in [1.807, 2.05) is 4.72 Å². The molecule has 1 aromatic rings. The second-order valence-corrected chi connectivity index (χ2v) is 5.50. The fourth-order valence-electron chi connectivity index (χ4n) is 1.17. The molecule has 20 heavy (non-hydrogen) atoms. The molecule has 0 saturated carbocycles. The topological polar surface area (TPSA) is 75.3 Å². The van der Waals surface area contributed by atoms with Gasteiger partial charge in [-0.15, -0.1) is 0 Å². The number of hydrogen-bond donors (Lipinski definition) is 2. The number of carbonyl (C=O) groups excluding carboxylic acids is 1. The summed E-state index contributed by atoms with van der Waals surface area (Å²) in [5.41, 5.74) is -0.341. The number of carbonyl (C=O) groups is 1. The Morgan fingerprint density at radius 2 is 1.90 bits per heavy atom. The predicted molar refractivity (Wildman–Crippen MR) is 62.3 cm³/mol. The number of sulfonamides is 1. The maximum atomic E-state index is 12.7. The Balaban J connectivity index is 3.01. The van der Waals surface area contributed by atoms with Gasteiger partial charge in [0.05, 0.1) is 4.90 Å². The van der Waals surface area contributed by atoms with Gasteiger partial charge in [0, 0.05) is 5.69 Å². The molecular weight excluding hydrogens is 304 g/mol. The molecular formula is C10H10F4N2O3S. The lowest BCUT2D eigenvalue weighted by Gasteiger charge is -2.15. The molecule has 0 heterocycles. The zero-order valence-electron chi connectivity index (χ0n) is 10.0. The second-order valence-electron chi connectivity index (χ2n) is 3.61. The maximum Gasteiger partial charge on any atom is 0.383 e. The average molecular weight is 314 g/mol. The van der Waals surface area contributed by atoms with Crippen LogP contribution in [-0.4, -0.2) is 33.7 Å². The highest BCUT2D eigenvalue weighted by Crippen LogP contribution is 2.25. The van der Waals surface area contributed by atoms with E-state index >= 15 is 0 Å². The van der Waals surface area contributed by atoms with Gasteiger partial charge < -0.3 is 5.32 Å². The predicted octanol–water partition coefficient (Wildman–Crippen LogP) is 1.43. The van der Waals surface area contributed by atoms with E-state index in [4.69, 9.17) is 0 Å². The van der Waals surface area contributed by atoms with Crippen LogP contribution < -0.4 is 10.0 Å². The van der Waals surface area contributed by atoms with Gasteiger partial charge in [0.15, 0.2) is 0 Å². The van der Waals surface area contributed by atoms with Crippen LogP contribution >= 0.6 is 0 Å². The molecule has 5 nitrogen and oxygen atoms in total. The fourth-order valence-corrected chi connectivity index (χ4v) is 1.95. The molecule has 0 saturated heterocycles. The first-order valence-corrected chi connectivity index (χ1v) is 6.60. The zero-order chi connectivity index (χ0) is 15.6. The van der Waals surface area contributed by atoms with E-state index in [0.717, 1.165) is 25.2 Å². The van der Waals surface area contributed by atoms with E-state index in [1.165, 1.54) is 11.4 Å². The van der Waals surface area contributed by atoms with E-state index in [-0.39, 0.29) is 10.6 Å². The Morgan fingerprint density at radius 3 is 2.40 bits per heavy atom. The number of nitrogens with one attached hydrogen (secondary N) is 2. The first kappa shape index (κ1) is 16.4. The molecule has 0 aliphatic carbocycles. The Bertz CT molecular complexity index is 604. The van der Waals surface area contributed by atoms with Crippen molar-refractivity contribution >= 4 is 21.6 Å². The molecule has 0 bridgehead atoms. The molecule has 0 spiro atoms. The van der Waals surface area contributed by atoms with Gasteiger partial charge in [-0.05, 0) is 25.2 Å². The summed E-state index contributed by atoms with van der Waals surface area (Å²) in [4.78, 5) is 10.7. The monoisotopic (exact) mass is 314 g/mol. The molecule has 1 aromatic carbocycles. The molecule has 2 N–H and O–H groups in total. The molecule has 0 unspecified atom stereocenters. The van der Waals surface area contributed by atoms with Crippen LogP contribution in [0.4, 0.5) is 23.2 Å². The van der Waals surface area contributed by atoms with Crippen molar-refractivity contribution in [1.29, 1.82) is 0 Å². The van der Waals surface area contributed by atoms with Gasteiger partial charge in [-0.3, -0.25) is 4.79 Å². The van der Waals surface area contributed by atoms with Crippen molar-refractivity contribution in [3.63, 3.8) is 0 Å². The van der Waals surface area contributed by atoms with Crippen molar-refractivity contribution in [2.75, 3.05) is 12.4 Å². The molecule has 0 radical (unpaired) electrons. The van der Waals surface area contributed by atoms with Gasteiger partial charge >= 0.3 is 18.3 Å². The molecule has 112 valence electrons. The molecule has 0 aliphatic heterocycles. The van der Waals surface area contributed by atoms with Crippen LogP contribution in [0.1, 0.15) is 0 Å². The van der Waals surface area contributed by atoms with Gasteiger partial charge in [0.1, 0.15) is 0 Å². The molecule has 0 fully saturated rings. The number of hydrogen-bond acceptors (Lipinski definition) is 3. The smallest absolute Gasteiger partial charge is 0.321 e. The summed E-state index contributed by atoms with van der Waals surface area (Å²) in [6.45, 7) is 0. The number of benzene rings is 1. The quantitative estimate of drug-likeness (QED) is 0.808.